The molecular weight excluding hydrogens is 304 g/mol. The number of aromatic nitrogens is 2. The molecule has 22 heavy (non-hydrogen) atoms. The zero-order chi connectivity index (χ0) is 16.2. The number of carbonyl (C=O) groups excluding carboxylic acids is 2. The Kier molecular flexibility index (Phi) is 5.03. The van der Waals surface area contributed by atoms with Crippen LogP contribution in [-0.2, 0) is 4.79 Å². The van der Waals surface area contributed by atoms with E-state index in [4.69, 9.17) is 11.6 Å². The molecule has 118 valence electrons. The largest absolute Gasteiger partial charge is 0.354 e. The number of hydrogen-bond donors (Lipinski definition) is 3. The maximum absolute atomic E-state index is 12.0. The highest BCUT2D eigenvalue weighted by Gasteiger charge is 2.25. The number of benzene rings is 1. The Labute approximate surface area is 133 Å². The summed E-state index contributed by atoms with van der Waals surface area (Å²) in [5.74, 6) is -0.0759. The van der Waals surface area contributed by atoms with Crippen molar-refractivity contribution in [1.29, 1.82) is 0 Å². The van der Waals surface area contributed by atoms with E-state index in [1.54, 1.807) is 38.4 Å². The minimum atomic E-state index is -0.614. The molecule has 1 aromatic carbocycles. The highest BCUT2D eigenvalue weighted by atomic mass is 35.5. The fourth-order valence-electron chi connectivity index (χ4n) is 1.83. The number of aromatic amines is 1. The van der Waals surface area contributed by atoms with E-state index in [2.05, 4.69) is 20.6 Å². The Morgan fingerprint density at radius 1 is 1.27 bits per heavy atom. The molecule has 7 heteroatoms. The van der Waals surface area contributed by atoms with Crippen molar-refractivity contribution in [3.8, 4) is 0 Å². The van der Waals surface area contributed by atoms with Crippen LogP contribution in [0.25, 0.3) is 11.0 Å². The fraction of sp³-hybridized carbons (Fsp3) is 0.400. The average Bonchev–Trinajstić information content (AvgIpc) is 2.98. The summed E-state index contributed by atoms with van der Waals surface area (Å²) in [7, 11) is 0. The minimum Gasteiger partial charge on any atom is -0.354 e. The molecule has 2 aromatic rings. The summed E-state index contributed by atoms with van der Waals surface area (Å²) in [6.45, 7) is 4.25. The van der Waals surface area contributed by atoms with E-state index in [0.717, 1.165) is 11.0 Å². The molecule has 0 saturated heterocycles. The van der Waals surface area contributed by atoms with E-state index in [0.29, 0.717) is 18.7 Å². The van der Waals surface area contributed by atoms with Gasteiger partial charge in [-0.25, -0.2) is 4.98 Å². The molecule has 2 rings (SSSR count). The van der Waals surface area contributed by atoms with Crippen LogP contribution in [0.4, 0.5) is 0 Å². The first kappa shape index (κ1) is 16.3. The SMILES string of the molecule is CC(C)(CCl)C(=O)NCCNC(=O)c1ccc2nc[nH]c2c1. The Hall–Kier alpha value is -2.08. The highest BCUT2D eigenvalue weighted by molar-refractivity contribution is 6.19. The lowest BCUT2D eigenvalue weighted by Gasteiger charge is -2.20. The van der Waals surface area contributed by atoms with Gasteiger partial charge in [0, 0.05) is 24.5 Å². The smallest absolute Gasteiger partial charge is 0.251 e. The predicted molar refractivity (Wildman–Crippen MR) is 85.9 cm³/mol. The van der Waals surface area contributed by atoms with Gasteiger partial charge < -0.3 is 15.6 Å². The molecule has 0 saturated carbocycles. The Morgan fingerprint density at radius 2 is 2.00 bits per heavy atom. The monoisotopic (exact) mass is 322 g/mol. The quantitative estimate of drug-likeness (QED) is 0.558. The first-order valence-corrected chi connectivity index (χ1v) is 7.53. The van der Waals surface area contributed by atoms with Gasteiger partial charge in [-0.2, -0.15) is 0 Å². The lowest BCUT2D eigenvalue weighted by atomic mass is 9.95. The predicted octanol–water partition coefficient (Wildman–Crippen LogP) is 1.67. The first-order valence-electron chi connectivity index (χ1n) is 6.99. The van der Waals surface area contributed by atoms with Gasteiger partial charge in [0.15, 0.2) is 0 Å². The molecule has 0 fully saturated rings. The molecule has 3 N–H and O–H groups in total. The van der Waals surface area contributed by atoms with E-state index in [9.17, 15) is 9.59 Å². The summed E-state index contributed by atoms with van der Waals surface area (Å²) in [4.78, 5) is 30.9. The van der Waals surface area contributed by atoms with Crippen LogP contribution in [0.3, 0.4) is 0 Å². The number of halogens is 1. The normalized spacial score (nSPS) is 11.4. The molecule has 0 bridgehead atoms. The summed E-state index contributed by atoms with van der Waals surface area (Å²) in [6.07, 6.45) is 1.58. The number of H-pyrrole nitrogens is 1. The molecule has 0 aliphatic heterocycles. The summed E-state index contributed by atoms with van der Waals surface area (Å²) >= 11 is 5.73. The number of nitrogens with one attached hydrogen (secondary N) is 3. The lowest BCUT2D eigenvalue weighted by molar-refractivity contribution is -0.128. The van der Waals surface area contributed by atoms with Crippen LogP contribution in [0.5, 0.6) is 0 Å². The second-order valence-corrected chi connectivity index (χ2v) is 5.93. The summed E-state index contributed by atoms with van der Waals surface area (Å²) in [5, 5.41) is 5.51. The maximum Gasteiger partial charge on any atom is 0.251 e. The number of fused-ring (bicyclic) bond motifs is 1. The van der Waals surface area contributed by atoms with Crippen molar-refractivity contribution in [3.05, 3.63) is 30.1 Å². The van der Waals surface area contributed by atoms with Crippen LogP contribution < -0.4 is 10.6 Å². The number of hydrogen-bond acceptors (Lipinski definition) is 3. The second kappa shape index (κ2) is 6.79. The zero-order valence-corrected chi connectivity index (χ0v) is 13.3. The van der Waals surface area contributed by atoms with Crippen molar-refractivity contribution < 1.29 is 9.59 Å². The van der Waals surface area contributed by atoms with E-state index < -0.39 is 5.41 Å². The molecular formula is C15H19ClN4O2. The number of amides is 2. The van der Waals surface area contributed by atoms with Gasteiger partial charge in [0.2, 0.25) is 5.91 Å². The van der Waals surface area contributed by atoms with Gasteiger partial charge in [0.1, 0.15) is 0 Å². The van der Waals surface area contributed by atoms with Crippen LogP contribution in [0.1, 0.15) is 24.2 Å². The maximum atomic E-state index is 12.0. The number of nitrogens with zero attached hydrogens (tertiary/aromatic N) is 1. The number of carbonyl (C=O) groups is 2. The third-order valence-corrected chi connectivity index (χ3v) is 4.00. The van der Waals surface area contributed by atoms with Gasteiger partial charge in [0.05, 0.1) is 22.8 Å². The van der Waals surface area contributed by atoms with Gasteiger partial charge >= 0.3 is 0 Å². The highest BCUT2D eigenvalue weighted by Crippen LogP contribution is 2.16. The van der Waals surface area contributed by atoms with Gasteiger partial charge in [-0.3, -0.25) is 9.59 Å². The van der Waals surface area contributed by atoms with Gasteiger partial charge in [-0.15, -0.1) is 11.6 Å². The van der Waals surface area contributed by atoms with Crippen LogP contribution >= 0.6 is 11.6 Å². The van der Waals surface area contributed by atoms with Crippen molar-refractivity contribution in [2.75, 3.05) is 19.0 Å². The molecule has 1 heterocycles. The summed E-state index contributed by atoms with van der Waals surface area (Å²) in [6, 6.07) is 5.24. The zero-order valence-electron chi connectivity index (χ0n) is 12.6. The first-order chi connectivity index (χ1) is 10.4. The summed E-state index contributed by atoms with van der Waals surface area (Å²) < 4.78 is 0. The second-order valence-electron chi connectivity index (χ2n) is 5.66. The topological polar surface area (TPSA) is 86.9 Å². The van der Waals surface area contributed by atoms with E-state index >= 15 is 0 Å². The molecule has 0 aliphatic carbocycles. The standard InChI is InChI=1S/C15H19ClN4O2/c1-15(2,8-16)14(22)18-6-5-17-13(21)10-3-4-11-12(7-10)20-9-19-11/h3-4,7,9H,5-6,8H2,1-2H3,(H,17,21)(H,18,22)(H,19,20). The molecule has 2 amide bonds. The Morgan fingerprint density at radius 3 is 2.73 bits per heavy atom. The lowest BCUT2D eigenvalue weighted by Crippen LogP contribution is -2.41. The number of rotatable bonds is 6. The third kappa shape index (κ3) is 3.76. The van der Waals surface area contributed by atoms with Gasteiger partial charge in [-0.1, -0.05) is 0 Å². The van der Waals surface area contributed by atoms with Crippen molar-refractivity contribution in [3.63, 3.8) is 0 Å². The molecule has 0 radical (unpaired) electrons. The van der Waals surface area contributed by atoms with Crippen molar-refractivity contribution in [2.24, 2.45) is 5.41 Å². The van der Waals surface area contributed by atoms with Crippen LogP contribution in [0.15, 0.2) is 24.5 Å². The summed E-state index contributed by atoms with van der Waals surface area (Å²) in [5.41, 5.74) is 1.55. The number of imidazole rings is 1. The van der Waals surface area contributed by atoms with E-state index in [1.807, 2.05) is 0 Å². The van der Waals surface area contributed by atoms with Crippen molar-refractivity contribution in [1.82, 2.24) is 20.6 Å². The molecule has 1 aromatic heterocycles. The molecule has 0 unspecified atom stereocenters. The molecule has 0 aliphatic rings. The number of alkyl halides is 1. The van der Waals surface area contributed by atoms with E-state index in [1.165, 1.54) is 0 Å². The van der Waals surface area contributed by atoms with Crippen LogP contribution in [0.2, 0.25) is 0 Å². The average molecular weight is 323 g/mol. The molecule has 6 nitrogen and oxygen atoms in total. The minimum absolute atomic E-state index is 0.129. The fourth-order valence-corrected chi connectivity index (χ4v) is 1.95. The van der Waals surface area contributed by atoms with Gasteiger partial charge in [0.25, 0.3) is 5.91 Å². The Bertz CT molecular complexity index is 681. The molecule has 0 atom stereocenters. The van der Waals surface area contributed by atoms with Crippen LogP contribution in [-0.4, -0.2) is 40.8 Å². The van der Waals surface area contributed by atoms with Crippen LogP contribution in [0, 0.1) is 5.41 Å². The van der Waals surface area contributed by atoms with Crippen molar-refractivity contribution in [2.45, 2.75) is 13.8 Å². The van der Waals surface area contributed by atoms with Gasteiger partial charge in [-0.05, 0) is 32.0 Å². The van der Waals surface area contributed by atoms with E-state index in [-0.39, 0.29) is 17.7 Å². The Balaban J connectivity index is 1.82. The third-order valence-electron chi connectivity index (χ3n) is 3.33. The molecule has 0 spiro atoms. The van der Waals surface area contributed by atoms with Crippen molar-refractivity contribution >= 4 is 34.4 Å².